The molecule has 0 saturated heterocycles. The average molecular weight is 304 g/mol. The van der Waals surface area contributed by atoms with Crippen LogP contribution in [0.1, 0.15) is 26.3 Å². The molecular weight excluding hydrogens is 283 g/mol. The zero-order valence-electron chi connectivity index (χ0n) is 11.9. The van der Waals surface area contributed by atoms with Crippen LogP contribution in [0.5, 0.6) is 0 Å². The molecule has 0 amide bonds. The molecule has 0 radical (unpaired) electrons. The normalized spacial score (nSPS) is 12.7. The Hall–Kier alpha value is -1.02. The number of hydrogen-bond donors (Lipinski definition) is 2. The van der Waals surface area contributed by atoms with E-state index in [4.69, 9.17) is 10.5 Å². The SMILES string of the molecule is CCOC(C)(C)CNS(=O)(=O)c1cc(CN)ccc1F. The number of ether oxygens (including phenoxy) is 1. The highest BCUT2D eigenvalue weighted by molar-refractivity contribution is 7.89. The number of nitrogens with one attached hydrogen (secondary N) is 1. The van der Waals surface area contributed by atoms with E-state index in [1.807, 2.05) is 6.92 Å². The first-order valence-electron chi connectivity index (χ1n) is 6.34. The Balaban J connectivity index is 2.94. The summed E-state index contributed by atoms with van der Waals surface area (Å²) in [7, 11) is -3.94. The number of halogens is 1. The van der Waals surface area contributed by atoms with E-state index in [1.165, 1.54) is 12.1 Å². The molecule has 1 aromatic carbocycles. The third-order valence-electron chi connectivity index (χ3n) is 2.74. The third-order valence-corrected chi connectivity index (χ3v) is 4.16. The van der Waals surface area contributed by atoms with Gasteiger partial charge in [-0.2, -0.15) is 0 Å². The lowest BCUT2D eigenvalue weighted by Gasteiger charge is -2.24. The van der Waals surface area contributed by atoms with Crippen molar-refractivity contribution in [3.8, 4) is 0 Å². The lowest BCUT2D eigenvalue weighted by Crippen LogP contribution is -2.40. The van der Waals surface area contributed by atoms with Gasteiger partial charge >= 0.3 is 0 Å². The number of sulfonamides is 1. The molecule has 1 aromatic rings. The molecule has 20 heavy (non-hydrogen) atoms. The van der Waals surface area contributed by atoms with Gasteiger partial charge in [0.25, 0.3) is 0 Å². The minimum atomic E-state index is -3.94. The van der Waals surface area contributed by atoms with Crippen LogP contribution in [-0.2, 0) is 21.3 Å². The lowest BCUT2D eigenvalue weighted by molar-refractivity contribution is -0.00516. The molecule has 0 bridgehead atoms. The molecule has 0 aliphatic rings. The first-order chi connectivity index (χ1) is 9.22. The van der Waals surface area contributed by atoms with Crippen LogP contribution in [0, 0.1) is 5.82 Å². The second-order valence-electron chi connectivity index (χ2n) is 4.99. The maximum Gasteiger partial charge on any atom is 0.243 e. The van der Waals surface area contributed by atoms with Crippen molar-refractivity contribution in [3.05, 3.63) is 29.6 Å². The van der Waals surface area contributed by atoms with Crippen molar-refractivity contribution >= 4 is 10.0 Å². The molecule has 114 valence electrons. The van der Waals surface area contributed by atoms with E-state index in [-0.39, 0.29) is 13.1 Å². The zero-order chi connectivity index (χ0) is 15.4. The third kappa shape index (κ3) is 4.52. The van der Waals surface area contributed by atoms with Gasteiger partial charge in [0.05, 0.1) is 5.60 Å². The lowest BCUT2D eigenvalue weighted by atomic mass is 10.1. The summed E-state index contributed by atoms with van der Waals surface area (Å²) in [6.07, 6.45) is 0. The molecule has 0 spiro atoms. The molecule has 0 fully saturated rings. The van der Waals surface area contributed by atoms with E-state index in [9.17, 15) is 12.8 Å². The summed E-state index contributed by atoms with van der Waals surface area (Å²) in [6.45, 7) is 5.99. The monoisotopic (exact) mass is 304 g/mol. The van der Waals surface area contributed by atoms with Crippen molar-refractivity contribution in [2.75, 3.05) is 13.2 Å². The van der Waals surface area contributed by atoms with E-state index in [0.29, 0.717) is 12.2 Å². The topological polar surface area (TPSA) is 81.4 Å². The Kier molecular flexibility index (Phi) is 5.64. The largest absolute Gasteiger partial charge is 0.375 e. The summed E-state index contributed by atoms with van der Waals surface area (Å²) in [5.41, 5.74) is 5.33. The van der Waals surface area contributed by atoms with Crippen LogP contribution < -0.4 is 10.5 Å². The van der Waals surface area contributed by atoms with Crippen molar-refractivity contribution in [1.29, 1.82) is 0 Å². The van der Waals surface area contributed by atoms with Crippen molar-refractivity contribution in [3.63, 3.8) is 0 Å². The van der Waals surface area contributed by atoms with E-state index in [2.05, 4.69) is 4.72 Å². The maximum atomic E-state index is 13.7. The standard InChI is InChI=1S/C13H21FN2O3S/c1-4-19-13(2,3)9-16-20(17,18)12-7-10(8-15)5-6-11(12)14/h5-7,16H,4,8-9,15H2,1-3H3. The van der Waals surface area contributed by atoms with Gasteiger partial charge in [0.2, 0.25) is 10.0 Å². The van der Waals surface area contributed by atoms with Crippen LogP contribution in [0.3, 0.4) is 0 Å². The zero-order valence-corrected chi connectivity index (χ0v) is 12.8. The maximum absolute atomic E-state index is 13.7. The van der Waals surface area contributed by atoms with Crippen LogP contribution in [0.4, 0.5) is 4.39 Å². The summed E-state index contributed by atoms with van der Waals surface area (Å²) >= 11 is 0. The number of hydrogen-bond acceptors (Lipinski definition) is 4. The van der Waals surface area contributed by atoms with Crippen LogP contribution in [0.25, 0.3) is 0 Å². The number of nitrogens with two attached hydrogens (primary N) is 1. The molecule has 5 nitrogen and oxygen atoms in total. The second-order valence-corrected chi connectivity index (χ2v) is 6.72. The van der Waals surface area contributed by atoms with Crippen LogP contribution in [0.2, 0.25) is 0 Å². The highest BCUT2D eigenvalue weighted by atomic mass is 32.2. The Morgan fingerprint density at radius 2 is 2.05 bits per heavy atom. The van der Waals surface area contributed by atoms with Crippen LogP contribution in [-0.4, -0.2) is 27.2 Å². The van der Waals surface area contributed by atoms with Gasteiger partial charge in [0.15, 0.2) is 0 Å². The van der Waals surface area contributed by atoms with Gasteiger partial charge in [-0.3, -0.25) is 0 Å². The van der Waals surface area contributed by atoms with E-state index in [1.54, 1.807) is 13.8 Å². The Morgan fingerprint density at radius 3 is 2.60 bits per heavy atom. The minimum Gasteiger partial charge on any atom is -0.375 e. The van der Waals surface area contributed by atoms with Crippen LogP contribution >= 0.6 is 0 Å². The Morgan fingerprint density at radius 1 is 1.40 bits per heavy atom. The fourth-order valence-corrected chi connectivity index (χ4v) is 2.99. The van der Waals surface area contributed by atoms with Crippen molar-refractivity contribution in [2.24, 2.45) is 5.73 Å². The van der Waals surface area contributed by atoms with Gasteiger partial charge in [-0.15, -0.1) is 0 Å². The van der Waals surface area contributed by atoms with E-state index < -0.39 is 26.3 Å². The number of benzene rings is 1. The predicted octanol–water partition coefficient (Wildman–Crippen LogP) is 1.38. The van der Waals surface area contributed by atoms with Gasteiger partial charge in [-0.05, 0) is 38.5 Å². The summed E-state index contributed by atoms with van der Waals surface area (Å²) in [4.78, 5) is -0.396. The predicted molar refractivity (Wildman–Crippen MR) is 75.2 cm³/mol. The smallest absolute Gasteiger partial charge is 0.243 e. The molecule has 0 saturated carbocycles. The summed E-state index contributed by atoms with van der Waals surface area (Å²) in [6, 6.07) is 3.80. The van der Waals surface area contributed by atoms with Gasteiger partial charge in [-0.1, -0.05) is 6.07 Å². The molecule has 0 aromatic heterocycles. The van der Waals surface area contributed by atoms with Gasteiger partial charge in [0.1, 0.15) is 10.7 Å². The van der Waals surface area contributed by atoms with Crippen molar-refractivity contribution < 1.29 is 17.5 Å². The van der Waals surface area contributed by atoms with Crippen molar-refractivity contribution in [1.82, 2.24) is 4.72 Å². The molecule has 0 aliphatic heterocycles. The molecule has 3 N–H and O–H groups in total. The Labute approximate surface area is 119 Å². The molecular formula is C13H21FN2O3S. The van der Waals surface area contributed by atoms with Gasteiger partial charge in [0, 0.05) is 19.7 Å². The quantitative estimate of drug-likeness (QED) is 0.797. The highest BCUT2D eigenvalue weighted by Crippen LogP contribution is 2.17. The fraction of sp³-hybridized carbons (Fsp3) is 0.538. The van der Waals surface area contributed by atoms with Crippen molar-refractivity contribution in [2.45, 2.75) is 37.8 Å². The fourth-order valence-electron chi connectivity index (χ4n) is 1.67. The first kappa shape index (κ1) is 17.0. The summed E-state index contributed by atoms with van der Waals surface area (Å²) < 4.78 is 45.7. The van der Waals surface area contributed by atoms with Gasteiger partial charge < -0.3 is 10.5 Å². The summed E-state index contributed by atoms with van der Waals surface area (Å²) in [5.74, 6) is -0.802. The highest BCUT2D eigenvalue weighted by Gasteiger charge is 2.24. The molecule has 1 rings (SSSR count). The summed E-state index contributed by atoms with van der Waals surface area (Å²) in [5, 5.41) is 0. The van der Waals surface area contributed by atoms with E-state index >= 15 is 0 Å². The minimum absolute atomic E-state index is 0.0511. The Bertz CT molecular complexity index is 559. The first-order valence-corrected chi connectivity index (χ1v) is 7.82. The molecule has 0 unspecified atom stereocenters. The molecule has 0 heterocycles. The molecule has 7 heteroatoms. The van der Waals surface area contributed by atoms with Gasteiger partial charge in [-0.25, -0.2) is 17.5 Å². The van der Waals surface area contributed by atoms with E-state index in [0.717, 1.165) is 6.07 Å². The average Bonchev–Trinajstić information content (AvgIpc) is 2.37. The second kappa shape index (κ2) is 6.62. The number of rotatable bonds is 7. The molecule has 0 aliphatic carbocycles. The van der Waals surface area contributed by atoms with Crippen LogP contribution in [0.15, 0.2) is 23.1 Å². The molecule has 0 atom stereocenters.